The van der Waals surface area contributed by atoms with Crippen LogP contribution in [0.2, 0.25) is 0 Å². The van der Waals surface area contributed by atoms with E-state index in [2.05, 4.69) is 11.4 Å². The minimum atomic E-state index is -0.255. The van der Waals surface area contributed by atoms with E-state index in [4.69, 9.17) is 10.00 Å². The highest BCUT2D eigenvalue weighted by molar-refractivity contribution is 5.79. The summed E-state index contributed by atoms with van der Waals surface area (Å²) in [6.07, 6.45) is 1.70. The molecule has 0 bridgehead atoms. The predicted octanol–water partition coefficient (Wildman–Crippen LogP) is 1.24. The number of carbonyl (C=O) groups excluding carboxylic acids is 1. The lowest BCUT2D eigenvalue weighted by Crippen LogP contribution is -2.41. The highest BCUT2D eigenvalue weighted by atomic mass is 16.5. The Balaban J connectivity index is 1.67. The molecule has 1 aromatic rings. The Bertz CT molecular complexity index is 568. The average molecular weight is 316 g/mol. The number of amides is 1. The summed E-state index contributed by atoms with van der Waals surface area (Å²) in [5.74, 6) is 0.803. The lowest BCUT2D eigenvalue weighted by molar-refractivity contribution is -0.130. The first-order valence-corrected chi connectivity index (χ1v) is 7.92. The SMILES string of the molecule is CN(C)c1cccc(OCCNCC(=O)N2CCCC2C#N)c1. The Morgan fingerprint density at radius 3 is 3.09 bits per heavy atom. The largest absolute Gasteiger partial charge is 0.492 e. The van der Waals surface area contributed by atoms with Crippen LogP contribution in [0, 0.1) is 11.3 Å². The van der Waals surface area contributed by atoms with Gasteiger partial charge in [-0.25, -0.2) is 0 Å². The van der Waals surface area contributed by atoms with E-state index in [0.717, 1.165) is 24.3 Å². The first-order valence-electron chi connectivity index (χ1n) is 7.92. The molecule has 1 saturated heterocycles. The molecule has 1 heterocycles. The minimum absolute atomic E-state index is 0.0105. The molecule has 1 atom stereocenters. The fraction of sp³-hybridized carbons (Fsp3) is 0.529. The zero-order valence-corrected chi connectivity index (χ0v) is 13.8. The first kappa shape index (κ1) is 17.1. The van der Waals surface area contributed by atoms with Crippen molar-refractivity contribution in [1.29, 1.82) is 5.26 Å². The van der Waals surface area contributed by atoms with Crippen LogP contribution in [-0.2, 0) is 4.79 Å². The lowest BCUT2D eigenvalue weighted by atomic mass is 10.2. The van der Waals surface area contributed by atoms with Crippen LogP contribution in [0.15, 0.2) is 24.3 Å². The van der Waals surface area contributed by atoms with E-state index in [1.165, 1.54) is 0 Å². The summed E-state index contributed by atoms with van der Waals surface area (Å²) < 4.78 is 5.68. The van der Waals surface area contributed by atoms with Gasteiger partial charge in [-0.2, -0.15) is 5.26 Å². The zero-order valence-electron chi connectivity index (χ0n) is 13.8. The zero-order chi connectivity index (χ0) is 16.7. The second kappa shape index (κ2) is 8.39. The number of likely N-dealkylation sites (tertiary alicyclic amines) is 1. The number of carbonyl (C=O) groups is 1. The Morgan fingerprint density at radius 2 is 2.35 bits per heavy atom. The van der Waals surface area contributed by atoms with Crippen molar-refractivity contribution in [2.45, 2.75) is 18.9 Å². The van der Waals surface area contributed by atoms with E-state index in [0.29, 0.717) is 19.7 Å². The van der Waals surface area contributed by atoms with Gasteiger partial charge in [-0.3, -0.25) is 4.79 Å². The molecule has 2 rings (SSSR count). The van der Waals surface area contributed by atoms with Gasteiger partial charge in [-0.1, -0.05) is 6.07 Å². The number of nitrogens with one attached hydrogen (secondary N) is 1. The molecule has 124 valence electrons. The number of hydrogen-bond acceptors (Lipinski definition) is 5. The fourth-order valence-electron chi connectivity index (χ4n) is 2.59. The molecular weight excluding hydrogens is 292 g/mol. The van der Waals surface area contributed by atoms with Crippen LogP contribution < -0.4 is 15.0 Å². The summed E-state index contributed by atoms with van der Waals surface area (Å²) in [4.78, 5) is 15.7. The van der Waals surface area contributed by atoms with E-state index in [1.54, 1.807) is 4.90 Å². The lowest BCUT2D eigenvalue weighted by Gasteiger charge is -2.19. The van der Waals surface area contributed by atoms with Crippen LogP contribution in [0.3, 0.4) is 0 Å². The third kappa shape index (κ3) is 4.86. The summed E-state index contributed by atoms with van der Waals surface area (Å²) in [5, 5.41) is 12.1. The van der Waals surface area contributed by atoms with E-state index in [1.807, 2.05) is 43.3 Å². The molecule has 0 saturated carbocycles. The van der Waals surface area contributed by atoms with Crippen molar-refractivity contribution in [3.05, 3.63) is 24.3 Å². The molecule has 0 aromatic heterocycles. The van der Waals surface area contributed by atoms with Crippen molar-refractivity contribution >= 4 is 11.6 Å². The molecule has 0 radical (unpaired) electrons. The molecule has 1 aliphatic heterocycles. The Labute approximate surface area is 137 Å². The average Bonchev–Trinajstić information content (AvgIpc) is 3.03. The maximum Gasteiger partial charge on any atom is 0.237 e. The molecule has 0 spiro atoms. The summed E-state index contributed by atoms with van der Waals surface area (Å²) in [5.41, 5.74) is 1.09. The maximum atomic E-state index is 12.0. The number of anilines is 1. The van der Waals surface area contributed by atoms with Crippen LogP contribution in [0.5, 0.6) is 5.75 Å². The van der Waals surface area contributed by atoms with E-state index >= 15 is 0 Å². The minimum Gasteiger partial charge on any atom is -0.492 e. The molecule has 6 heteroatoms. The Morgan fingerprint density at radius 1 is 1.52 bits per heavy atom. The van der Waals surface area contributed by atoms with Crippen molar-refractivity contribution < 1.29 is 9.53 Å². The molecule has 0 aliphatic carbocycles. The van der Waals surface area contributed by atoms with Crippen LogP contribution in [-0.4, -0.2) is 57.2 Å². The molecule has 23 heavy (non-hydrogen) atoms. The van der Waals surface area contributed by atoms with Gasteiger partial charge in [0.05, 0.1) is 12.6 Å². The van der Waals surface area contributed by atoms with Gasteiger partial charge in [0.25, 0.3) is 0 Å². The van der Waals surface area contributed by atoms with Crippen molar-refractivity contribution in [2.75, 3.05) is 45.2 Å². The van der Waals surface area contributed by atoms with Gasteiger partial charge in [0, 0.05) is 38.9 Å². The molecule has 1 N–H and O–H groups in total. The van der Waals surface area contributed by atoms with Crippen molar-refractivity contribution in [3.8, 4) is 11.8 Å². The number of nitrogens with zero attached hydrogens (tertiary/aromatic N) is 3. The third-order valence-electron chi connectivity index (χ3n) is 3.88. The van der Waals surface area contributed by atoms with Gasteiger partial charge in [0.1, 0.15) is 18.4 Å². The summed E-state index contributed by atoms with van der Waals surface area (Å²) in [6.45, 7) is 2.01. The Kier molecular flexibility index (Phi) is 6.24. The third-order valence-corrected chi connectivity index (χ3v) is 3.88. The van der Waals surface area contributed by atoms with Crippen molar-refractivity contribution in [1.82, 2.24) is 10.2 Å². The first-order chi connectivity index (χ1) is 11.1. The van der Waals surface area contributed by atoms with Gasteiger partial charge in [-0.05, 0) is 25.0 Å². The number of nitriles is 1. The molecular formula is C17H24N4O2. The summed E-state index contributed by atoms with van der Waals surface area (Å²) >= 11 is 0. The Hall–Kier alpha value is -2.26. The number of hydrogen-bond donors (Lipinski definition) is 1. The smallest absolute Gasteiger partial charge is 0.237 e. The van der Waals surface area contributed by atoms with E-state index in [-0.39, 0.29) is 18.5 Å². The van der Waals surface area contributed by atoms with Gasteiger partial charge < -0.3 is 19.9 Å². The molecule has 6 nitrogen and oxygen atoms in total. The molecule has 1 unspecified atom stereocenters. The highest BCUT2D eigenvalue weighted by Gasteiger charge is 2.27. The van der Waals surface area contributed by atoms with Crippen LogP contribution in [0.1, 0.15) is 12.8 Å². The second-order valence-electron chi connectivity index (χ2n) is 5.79. The number of rotatable bonds is 7. The monoisotopic (exact) mass is 316 g/mol. The maximum absolute atomic E-state index is 12.0. The highest BCUT2D eigenvalue weighted by Crippen LogP contribution is 2.19. The van der Waals surface area contributed by atoms with Gasteiger partial charge in [0.2, 0.25) is 5.91 Å². The topological polar surface area (TPSA) is 68.6 Å². The van der Waals surface area contributed by atoms with Crippen molar-refractivity contribution in [3.63, 3.8) is 0 Å². The van der Waals surface area contributed by atoms with Crippen LogP contribution in [0.25, 0.3) is 0 Å². The number of benzene rings is 1. The van der Waals surface area contributed by atoms with Gasteiger partial charge >= 0.3 is 0 Å². The standard InChI is InChI=1S/C17H24N4O2/c1-20(2)14-5-3-7-16(11-14)23-10-8-19-13-17(22)21-9-4-6-15(21)12-18/h3,5,7,11,15,19H,4,6,8-10,13H2,1-2H3. The van der Waals surface area contributed by atoms with E-state index in [9.17, 15) is 4.79 Å². The summed E-state index contributed by atoms with van der Waals surface area (Å²) in [7, 11) is 3.97. The summed E-state index contributed by atoms with van der Waals surface area (Å²) in [6, 6.07) is 9.80. The molecule has 1 aliphatic rings. The van der Waals surface area contributed by atoms with Gasteiger partial charge in [-0.15, -0.1) is 0 Å². The normalized spacial score (nSPS) is 16.9. The number of ether oxygens (including phenoxy) is 1. The second-order valence-corrected chi connectivity index (χ2v) is 5.79. The van der Waals surface area contributed by atoms with E-state index < -0.39 is 0 Å². The quantitative estimate of drug-likeness (QED) is 0.767. The van der Waals surface area contributed by atoms with Crippen LogP contribution in [0.4, 0.5) is 5.69 Å². The molecule has 1 fully saturated rings. The fourth-order valence-corrected chi connectivity index (χ4v) is 2.59. The molecule has 1 aromatic carbocycles. The van der Waals surface area contributed by atoms with Crippen molar-refractivity contribution in [2.24, 2.45) is 0 Å². The predicted molar refractivity (Wildman–Crippen MR) is 89.5 cm³/mol. The van der Waals surface area contributed by atoms with Gasteiger partial charge in [0.15, 0.2) is 0 Å². The van der Waals surface area contributed by atoms with Crippen LogP contribution >= 0.6 is 0 Å². The molecule has 1 amide bonds.